The number of nitrogens with zero attached hydrogens (tertiary/aromatic N) is 4. The molecule has 192 valence electrons. The molecule has 1 aliphatic heterocycles. The third kappa shape index (κ3) is 6.83. The normalized spacial score (nSPS) is 21.3. The smallest absolute Gasteiger partial charge is 0.405 e. The van der Waals surface area contributed by atoms with Crippen LogP contribution in [0, 0.1) is 5.92 Å². The molecule has 1 aliphatic carbocycles. The predicted molar refractivity (Wildman–Crippen MR) is 119 cm³/mol. The van der Waals surface area contributed by atoms with E-state index in [4.69, 9.17) is 0 Å². The molecule has 0 atom stereocenters. The largest absolute Gasteiger partial charge is 0.573 e. The van der Waals surface area contributed by atoms with Gasteiger partial charge in [0.1, 0.15) is 11.9 Å². The topological polar surface area (TPSA) is 106 Å². The van der Waals surface area contributed by atoms with Gasteiger partial charge in [-0.1, -0.05) is 18.2 Å². The molecule has 2 aliphatic rings. The molecule has 2 aromatic rings. The van der Waals surface area contributed by atoms with Crippen molar-refractivity contribution in [2.75, 3.05) is 35.5 Å². The summed E-state index contributed by atoms with van der Waals surface area (Å²) in [5.74, 6) is 0.250. The number of rotatable bonds is 9. The van der Waals surface area contributed by atoms with E-state index >= 15 is 0 Å². The molecule has 2 fully saturated rings. The summed E-state index contributed by atoms with van der Waals surface area (Å²) in [5, 5.41) is 24.9. The van der Waals surface area contributed by atoms with Crippen LogP contribution in [0.2, 0.25) is 0 Å². The number of hydrogen-bond acceptors (Lipinski definition) is 9. The third-order valence-electron chi connectivity index (χ3n) is 6.38. The summed E-state index contributed by atoms with van der Waals surface area (Å²) < 4.78 is 55.1. The Labute approximate surface area is 199 Å². The second-order valence-corrected chi connectivity index (χ2v) is 8.83. The van der Waals surface area contributed by atoms with Crippen LogP contribution in [0.15, 0.2) is 30.5 Å². The summed E-state index contributed by atoms with van der Waals surface area (Å²) in [6.45, 7) is 1.53. The lowest BCUT2D eigenvalue weighted by atomic mass is 9.84. The van der Waals surface area contributed by atoms with E-state index in [9.17, 15) is 28.0 Å². The van der Waals surface area contributed by atoms with Crippen molar-refractivity contribution in [3.05, 3.63) is 36.0 Å². The quantitative estimate of drug-likeness (QED) is 0.298. The van der Waals surface area contributed by atoms with Crippen molar-refractivity contribution < 1.29 is 32.7 Å². The van der Waals surface area contributed by atoms with E-state index in [1.807, 2.05) is 0 Å². The van der Waals surface area contributed by atoms with E-state index in [1.165, 1.54) is 24.4 Å². The maximum Gasteiger partial charge on any atom is 0.573 e. The van der Waals surface area contributed by atoms with Gasteiger partial charge in [0, 0.05) is 37.8 Å². The Hall–Kier alpha value is -2.90. The van der Waals surface area contributed by atoms with Crippen molar-refractivity contribution in [2.24, 2.45) is 5.92 Å². The van der Waals surface area contributed by atoms with Crippen LogP contribution in [0.4, 0.5) is 35.0 Å². The summed E-state index contributed by atoms with van der Waals surface area (Å²) >= 11 is 0. The zero-order valence-electron chi connectivity index (χ0n) is 18.9. The Balaban J connectivity index is 1.35. The van der Waals surface area contributed by atoms with Gasteiger partial charge in [0.05, 0.1) is 6.20 Å². The molecule has 0 spiro atoms. The molecule has 1 aromatic carbocycles. The number of likely N-dealkylation sites (tertiary alicyclic amines) is 1. The zero-order chi connectivity index (χ0) is 25.0. The van der Waals surface area contributed by atoms with E-state index in [-0.39, 0.29) is 40.5 Å². The Kier molecular flexibility index (Phi) is 7.77. The SMILES string of the molecule is ON(O)c1cnc(NCc2ccccc2OC(F)(F)F)nc1NCC1CCC(N2CC(F)C2)CC1. The fourth-order valence-corrected chi connectivity index (χ4v) is 4.49. The van der Waals surface area contributed by atoms with Gasteiger partial charge in [-0.3, -0.25) is 15.3 Å². The molecule has 9 nitrogen and oxygen atoms in total. The number of benzene rings is 1. The highest BCUT2D eigenvalue weighted by Crippen LogP contribution is 2.32. The molecule has 0 unspecified atom stereocenters. The van der Waals surface area contributed by atoms with Crippen LogP contribution in [-0.4, -0.2) is 63.5 Å². The van der Waals surface area contributed by atoms with Crippen LogP contribution in [0.5, 0.6) is 5.75 Å². The molecule has 2 heterocycles. The minimum absolute atomic E-state index is 0.0484. The molecular formula is C22H28F4N6O3. The summed E-state index contributed by atoms with van der Waals surface area (Å²) in [7, 11) is 0. The van der Waals surface area contributed by atoms with Gasteiger partial charge in [-0.15, -0.1) is 18.4 Å². The summed E-state index contributed by atoms with van der Waals surface area (Å²) in [5.41, 5.74) is 0.176. The molecule has 0 radical (unpaired) electrons. The number of anilines is 3. The molecular weight excluding hydrogens is 472 g/mol. The predicted octanol–water partition coefficient (Wildman–Crippen LogP) is 4.20. The van der Waals surface area contributed by atoms with E-state index in [0.29, 0.717) is 31.6 Å². The van der Waals surface area contributed by atoms with Crippen molar-refractivity contribution in [1.29, 1.82) is 0 Å². The molecule has 0 amide bonds. The van der Waals surface area contributed by atoms with Gasteiger partial charge in [0.15, 0.2) is 11.5 Å². The molecule has 4 rings (SSSR count). The zero-order valence-corrected chi connectivity index (χ0v) is 18.9. The first-order valence-electron chi connectivity index (χ1n) is 11.4. The van der Waals surface area contributed by atoms with E-state index in [0.717, 1.165) is 25.7 Å². The van der Waals surface area contributed by atoms with Crippen molar-refractivity contribution in [3.8, 4) is 5.75 Å². The highest BCUT2D eigenvalue weighted by molar-refractivity contribution is 5.63. The number of hydrogen-bond donors (Lipinski definition) is 4. The number of aromatic nitrogens is 2. The second kappa shape index (κ2) is 10.8. The van der Waals surface area contributed by atoms with E-state index < -0.39 is 12.5 Å². The maximum atomic E-state index is 13.1. The lowest BCUT2D eigenvalue weighted by molar-refractivity contribution is -0.274. The molecule has 13 heteroatoms. The fraction of sp³-hybridized carbons (Fsp3) is 0.545. The first kappa shape index (κ1) is 25.2. The summed E-state index contributed by atoms with van der Waals surface area (Å²) in [6, 6.07) is 6.12. The van der Waals surface area contributed by atoms with Gasteiger partial charge < -0.3 is 15.4 Å². The van der Waals surface area contributed by atoms with Gasteiger partial charge in [-0.05, 0) is 37.7 Å². The molecule has 1 saturated carbocycles. The Morgan fingerprint density at radius 2 is 1.80 bits per heavy atom. The maximum absolute atomic E-state index is 13.1. The van der Waals surface area contributed by atoms with Crippen molar-refractivity contribution in [1.82, 2.24) is 14.9 Å². The van der Waals surface area contributed by atoms with Crippen LogP contribution in [0.25, 0.3) is 0 Å². The van der Waals surface area contributed by atoms with E-state index in [2.05, 4.69) is 30.2 Å². The van der Waals surface area contributed by atoms with Gasteiger partial charge in [-0.2, -0.15) is 4.98 Å². The summed E-state index contributed by atoms with van der Waals surface area (Å²) in [6.07, 6.45) is -0.477. The molecule has 0 bridgehead atoms. The minimum Gasteiger partial charge on any atom is -0.405 e. The monoisotopic (exact) mass is 500 g/mol. The molecule has 35 heavy (non-hydrogen) atoms. The standard InChI is InChI=1S/C22H28F4N6O3/c23-16-12-31(13-16)17-7-5-14(6-8-17)9-27-20-18(32(33)34)11-29-21(30-20)28-10-15-3-1-2-4-19(15)35-22(24,25)26/h1-4,11,14,16-17,33-34H,5-10,12-13H2,(H2,27,28,29,30). The average molecular weight is 500 g/mol. The lowest BCUT2D eigenvalue weighted by Crippen LogP contribution is -2.54. The Morgan fingerprint density at radius 1 is 1.09 bits per heavy atom. The average Bonchev–Trinajstić information content (AvgIpc) is 2.79. The lowest BCUT2D eigenvalue weighted by Gasteiger charge is -2.43. The summed E-state index contributed by atoms with van der Waals surface area (Å²) in [4.78, 5) is 10.4. The van der Waals surface area contributed by atoms with Gasteiger partial charge >= 0.3 is 6.36 Å². The molecule has 4 N–H and O–H groups in total. The number of alkyl halides is 4. The van der Waals surface area contributed by atoms with Gasteiger partial charge in [0.2, 0.25) is 5.95 Å². The van der Waals surface area contributed by atoms with Crippen LogP contribution >= 0.6 is 0 Å². The van der Waals surface area contributed by atoms with E-state index in [1.54, 1.807) is 6.07 Å². The first-order chi connectivity index (χ1) is 16.7. The molecule has 1 aromatic heterocycles. The second-order valence-electron chi connectivity index (χ2n) is 8.83. The van der Waals surface area contributed by atoms with Crippen LogP contribution < -0.4 is 20.6 Å². The Morgan fingerprint density at radius 3 is 2.46 bits per heavy atom. The minimum atomic E-state index is -4.82. The third-order valence-corrected chi connectivity index (χ3v) is 6.38. The van der Waals surface area contributed by atoms with Crippen LogP contribution in [-0.2, 0) is 6.54 Å². The van der Waals surface area contributed by atoms with Crippen LogP contribution in [0.3, 0.4) is 0 Å². The highest BCUT2D eigenvalue weighted by Gasteiger charge is 2.34. The van der Waals surface area contributed by atoms with Crippen molar-refractivity contribution >= 4 is 17.5 Å². The van der Waals surface area contributed by atoms with Crippen LogP contribution in [0.1, 0.15) is 31.2 Å². The first-order valence-corrected chi connectivity index (χ1v) is 11.4. The highest BCUT2D eigenvalue weighted by atomic mass is 19.4. The van der Waals surface area contributed by atoms with Gasteiger partial charge in [0.25, 0.3) is 0 Å². The number of para-hydroxylation sites is 1. The fourth-order valence-electron chi connectivity index (χ4n) is 4.49. The number of ether oxygens (including phenoxy) is 1. The van der Waals surface area contributed by atoms with Crippen molar-refractivity contribution in [2.45, 2.75) is 50.8 Å². The molecule has 1 saturated heterocycles. The Bertz CT molecular complexity index is 982. The van der Waals surface area contributed by atoms with Crippen molar-refractivity contribution in [3.63, 3.8) is 0 Å². The number of nitrogens with one attached hydrogen (secondary N) is 2. The number of halogens is 4. The van der Waals surface area contributed by atoms with Gasteiger partial charge in [-0.25, -0.2) is 9.37 Å².